The van der Waals surface area contributed by atoms with E-state index < -0.39 is 0 Å². The molecule has 0 saturated heterocycles. The van der Waals surface area contributed by atoms with E-state index in [4.69, 9.17) is 8.83 Å². The smallest absolute Gasteiger partial charge is 0.135 e. The molecule has 0 spiro atoms. The number of benzene rings is 21. The lowest BCUT2D eigenvalue weighted by Crippen LogP contribution is -2.18. The molecule has 0 N–H and O–H groups in total. The molecule has 4 aliphatic rings. The third-order valence-corrected chi connectivity index (χ3v) is 30.7. The van der Waals surface area contributed by atoms with E-state index in [1.807, 2.05) is 24.3 Å². The molecule has 4 aliphatic carbocycles. The molecule has 0 unspecified atom stereocenters. The molecule has 2 heterocycles. The van der Waals surface area contributed by atoms with Crippen molar-refractivity contribution in [1.82, 2.24) is 0 Å². The molecular formula is C132H96N2O2. The molecular weight excluding hydrogens is 1650 g/mol. The van der Waals surface area contributed by atoms with E-state index in [0.29, 0.717) is 0 Å². The summed E-state index contributed by atoms with van der Waals surface area (Å²) in [6.45, 7) is 19.1. The van der Waals surface area contributed by atoms with Gasteiger partial charge in [0.25, 0.3) is 0 Å². The Bertz CT molecular complexity index is 8900. The highest BCUT2D eigenvalue weighted by Crippen LogP contribution is 2.59. The predicted molar refractivity (Wildman–Crippen MR) is 572 cm³/mol. The topological polar surface area (TPSA) is 32.8 Å². The summed E-state index contributed by atoms with van der Waals surface area (Å²) in [5.74, 6) is 0. The van der Waals surface area contributed by atoms with Crippen molar-refractivity contribution in [2.45, 2.75) is 77.0 Å². The molecule has 0 atom stereocenters. The first kappa shape index (κ1) is 80.5. The van der Waals surface area contributed by atoms with Crippen LogP contribution >= 0.6 is 0 Å². The van der Waals surface area contributed by atoms with Crippen molar-refractivity contribution in [1.29, 1.82) is 0 Å². The monoisotopic (exact) mass is 1740 g/mol. The zero-order chi connectivity index (χ0) is 91.2. The lowest BCUT2D eigenvalue weighted by molar-refractivity contribution is 0.660. The minimum Gasteiger partial charge on any atom is -0.456 e. The molecule has 0 aliphatic heterocycles. The number of rotatable bonds is 12. The zero-order valence-electron chi connectivity index (χ0n) is 77.3. The molecule has 646 valence electrons. The van der Waals surface area contributed by atoms with E-state index >= 15 is 0 Å². The van der Waals surface area contributed by atoms with Crippen molar-refractivity contribution in [2.24, 2.45) is 0 Å². The molecule has 4 heteroatoms. The number of nitrogens with zero attached hydrogens (tertiary/aromatic N) is 2. The Morgan fingerprint density at radius 2 is 0.412 bits per heavy atom. The Morgan fingerprint density at radius 1 is 0.147 bits per heavy atom. The van der Waals surface area contributed by atoms with Crippen molar-refractivity contribution in [3.63, 3.8) is 0 Å². The van der Waals surface area contributed by atoms with Crippen LogP contribution in [0, 0.1) is 0 Å². The lowest BCUT2D eigenvalue weighted by Gasteiger charge is -2.30. The number of hydrogen-bond acceptors (Lipinski definition) is 4. The maximum Gasteiger partial charge on any atom is 0.135 e. The number of fused-ring (bicyclic) bond motifs is 22. The van der Waals surface area contributed by atoms with E-state index in [-0.39, 0.29) is 21.7 Å². The van der Waals surface area contributed by atoms with Gasteiger partial charge in [-0.05, 0) is 334 Å². The van der Waals surface area contributed by atoms with Crippen molar-refractivity contribution < 1.29 is 8.83 Å². The van der Waals surface area contributed by atoms with Crippen LogP contribution in [-0.4, -0.2) is 0 Å². The molecule has 21 aromatic carbocycles. The van der Waals surface area contributed by atoms with Gasteiger partial charge >= 0.3 is 0 Å². The summed E-state index contributed by atoms with van der Waals surface area (Å²) < 4.78 is 12.4. The van der Waals surface area contributed by atoms with E-state index in [0.717, 1.165) is 78.0 Å². The van der Waals surface area contributed by atoms with Gasteiger partial charge in [-0.3, -0.25) is 0 Å². The number of hydrogen-bond donors (Lipinski definition) is 0. The van der Waals surface area contributed by atoms with Gasteiger partial charge in [0.05, 0.1) is 0 Å². The maximum atomic E-state index is 6.20. The summed E-state index contributed by atoms with van der Waals surface area (Å²) in [5.41, 5.74) is 45.6. The molecule has 0 saturated carbocycles. The van der Waals surface area contributed by atoms with Crippen LogP contribution in [0.25, 0.3) is 187 Å². The highest BCUT2D eigenvalue weighted by molar-refractivity contribution is 6.14. The first-order chi connectivity index (χ1) is 66.4. The molecule has 0 bridgehead atoms. The minimum atomic E-state index is -0.242. The van der Waals surface area contributed by atoms with Crippen molar-refractivity contribution in [3.8, 4) is 111 Å². The SMILES string of the molecule is CC1(C)c2cc(-c3ccccc3)ccc2-c2ccc(N(c3ccc(-c4cc5ccccc5c5ccccc45)cc3)c3ccc4c(c3)C(C)(C)c3cc(-c5ccc6oc7ccccc7c6c5)ccc3-4)cc21.CC1(C)c2cc(-c3ccccc3)ccc2-c2ccc(N(c3ccc(-c4ccc5ccccc5c4)cc3)c3ccc4c(c3)C(C)(C)c3cc(-c5ccc6oc7ccccc7c6c5)ccc3-4)cc21. The van der Waals surface area contributed by atoms with Gasteiger partial charge in [-0.1, -0.05) is 347 Å². The average Bonchev–Trinajstić information content (AvgIpc) is 1.58. The number of anilines is 6. The maximum absolute atomic E-state index is 6.20. The van der Waals surface area contributed by atoms with Crippen LogP contribution in [0.15, 0.2) is 446 Å². The highest BCUT2D eigenvalue weighted by Gasteiger charge is 2.42. The Balaban J connectivity index is 0.000000141. The fourth-order valence-corrected chi connectivity index (χ4v) is 23.4. The molecule has 23 aromatic rings. The molecule has 2 aromatic heterocycles. The largest absolute Gasteiger partial charge is 0.456 e. The molecule has 136 heavy (non-hydrogen) atoms. The van der Waals surface area contributed by atoms with E-state index in [1.54, 1.807) is 0 Å². The van der Waals surface area contributed by atoms with Crippen LogP contribution in [0.5, 0.6) is 0 Å². The van der Waals surface area contributed by atoms with E-state index in [9.17, 15) is 0 Å². The zero-order valence-corrected chi connectivity index (χ0v) is 77.3. The van der Waals surface area contributed by atoms with Gasteiger partial charge in [0.1, 0.15) is 22.3 Å². The summed E-state index contributed by atoms with van der Waals surface area (Å²) in [5, 5.41) is 12.2. The number of furan rings is 2. The molecule has 0 radical (unpaired) electrons. The van der Waals surface area contributed by atoms with Crippen LogP contribution in [0.2, 0.25) is 0 Å². The fourth-order valence-electron chi connectivity index (χ4n) is 23.4. The van der Waals surface area contributed by atoms with Gasteiger partial charge in [0.15, 0.2) is 0 Å². The highest BCUT2D eigenvalue weighted by atomic mass is 16.3. The van der Waals surface area contributed by atoms with Crippen molar-refractivity contribution in [3.05, 3.63) is 481 Å². The first-order valence-electron chi connectivity index (χ1n) is 47.7. The van der Waals surface area contributed by atoms with Gasteiger partial charge in [-0.25, -0.2) is 0 Å². The molecule has 27 rings (SSSR count). The fraction of sp³-hybridized carbons (Fsp3) is 0.0909. The van der Waals surface area contributed by atoms with Crippen molar-refractivity contribution >= 4 is 110 Å². The Morgan fingerprint density at radius 3 is 0.824 bits per heavy atom. The van der Waals surface area contributed by atoms with Crippen LogP contribution in [0.3, 0.4) is 0 Å². The van der Waals surface area contributed by atoms with Crippen LogP contribution in [0.1, 0.15) is 99.9 Å². The summed E-state index contributed by atoms with van der Waals surface area (Å²) in [6, 6.07) is 162. The normalized spacial score (nSPS) is 14.0. The second-order valence-corrected chi connectivity index (χ2v) is 39.8. The van der Waals surface area contributed by atoms with Gasteiger partial charge in [0, 0.05) is 77.3 Å². The lowest BCUT2D eigenvalue weighted by atomic mass is 9.81. The Kier molecular flexibility index (Phi) is 18.1. The average molecular weight is 1740 g/mol. The van der Waals surface area contributed by atoms with Gasteiger partial charge in [-0.2, -0.15) is 0 Å². The number of para-hydroxylation sites is 2. The summed E-state index contributed by atoms with van der Waals surface area (Å²) in [4.78, 5) is 4.94. The Hall–Kier alpha value is -16.4. The van der Waals surface area contributed by atoms with Crippen LogP contribution in [-0.2, 0) is 21.7 Å². The minimum absolute atomic E-state index is 0.189. The molecule has 4 nitrogen and oxygen atoms in total. The van der Waals surface area contributed by atoms with Crippen LogP contribution in [0.4, 0.5) is 34.1 Å². The molecule has 0 amide bonds. The predicted octanol–water partition coefficient (Wildman–Crippen LogP) is 36.8. The third kappa shape index (κ3) is 12.8. The molecule has 0 fully saturated rings. The summed E-state index contributed by atoms with van der Waals surface area (Å²) in [6.07, 6.45) is 0. The van der Waals surface area contributed by atoms with Gasteiger partial charge in [-0.15, -0.1) is 0 Å². The van der Waals surface area contributed by atoms with Gasteiger partial charge < -0.3 is 18.6 Å². The summed E-state index contributed by atoms with van der Waals surface area (Å²) in [7, 11) is 0. The van der Waals surface area contributed by atoms with Crippen molar-refractivity contribution in [2.75, 3.05) is 9.80 Å². The standard InChI is InChI=1S/C68H49NO.C64H47NO/c1-67(2)61-38-45(42-14-6-5-7-15-42)24-31-54(61)56-33-29-49(40-63(56)67)69(48-27-22-43(23-28-48)59-37-47-16-8-9-17-51(47)52-18-10-11-19-53(52)59)50-30-34-57-55-32-25-46(39-62(55)68(3,4)64(57)41-50)44-26-35-66-60(36-44)58-20-12-13-21-65(58)70-66;1-63(2)57-36-46(40-12-6-5-7-13-40)22-29-51(57)53-31-27-49(38-59(53)63)65(48-25-20-42(21-26-48)44-19-18-41-14-8-9-15-43(41)34-44)50-28-32-54-52-30-23-47(37-58(52)64(3,4)60(54)39-50)45-24-33-62-56(35-45)55-16-10-11-17-61(55)66-62/h5-41H,1-4H3;5-39H,1-4H3. The second-order valence-electron chi connectivity index (χ2n) is 39.8. The van der Waals surface area contributed by atoms with E-state index in [1.165, 1.54) is 188 Å². The van der Waals surface area contributed by atoms with Gasteiger partial charge in [0.2, 0.25) is 0 Å². The third-order valence-electron chi connectivity index (χ3n) is 30.7. The summed E-state index contributed by atoms with van der Waals surface area (Å²) >= 11 is 0. The van der Waals surface area contributed by atoms with Crippen LogP contribution < -0.4 is 9.80 Å². The van der Waals surface area contributed by atoms with E-state index in [2.05, 4.69) is 478 Å². The quantitative estimate of drug-likeness (QED) is 0.114. The first-order valence-corrected chi connectivity index (χ1v) is 47.7. The second kappa shape index (κ2) is 30.6. The Labute approximate surface area is 793 Å².